The third kappa shape index (κ3) is 3.85. The summed E-state index contributed by atoms with van der Waals surface area (Å²) in [5.74, 6) is -0.661. The predicted octanol–water partition coefficient (Wildman–Crippen LogP) is 5.83. The third-order valence-corrected chi connectivity index (χ3v) is 11.9. The molecule has 3 heterocycles. The number of halogens is 1. The number of carbonyl (C=O) groups excluding carboxylic acids is 2. The average molecular weight is 585 g/mol. The Labute approximate surface area is 243 Å². The Hall–Kier alpha value is -3.69. The fourth-order valence-corrected chi connectivity index (χ4v) is 10.6. The molecule has 3 fully saturated rings. The summed E-state index contributed by atoms with van der Waals surface area (Å²) in [5, 5.41) is 0.995. The third-order valence-electron chi connectivity index (χ3n) is 9.30. The topological polar surface area (TPSA) is 79.5 Å². The summed E-state index contributed by atoms with van der Waals surface area (Å²) < 4.78 is 19.6. The van der Waals surface area contributed by atoms with Crippen LogP contribution in [-0.4, -0.2) is 22.0 Å². The number of nitrogens with zero attached hydrogens (tertiary/aromatic N) is 1. The number of aromatic amines is 1. The van der Waals surface area contributed by atoms with Crippen LogP contribution in [0.25, 0.3) is 0 Å². The van der Waals surface area contributed by atoms with Crippen molar-refractivity contribution in [3.8, 4) is 5.75 Å². The molecule has 7 atom stereocenters. The Morgan fingerprint density at radius 2 is 1.59 bits per heavy atom. The number of anilines is 1. The number of benzene rings is 3. The number of hydrogen-bond donors (Lipinski definition) is 1. The molecule has 2 aliphatic heterocycles. The first-order valence-corrected chi connectivity index (χ1v) is 15.5. The van der Waals surface area contributed by atoms with Gasteiger partial charge in [0.1, 0.15) is 18.2 Å². The van der Waals surface area contributed by atoms with Gasteiger partial charge >= 0.3 is 4.87 Å². The van der Waals surface area contributed by atoms with Crippen molar-refractivity contribution in [3.05, 3.63) is 110 Å². The average Bonchev–Trinajstić information content (AvgIpc) is 3.72. The standard InChI is InChI=1S/C32H25FN2O4S2/c33-18-8-10-19(11-9-18)35-30(36)25-21-14-22(26(25)31(35)37)27-24(21)23(28-29(40-27)34-32(38)41-28)17-6-12-20(13-7-17)39-15-16-4-2-1-3-5-16/h1-13,21-27H,14-15H2,(H,34,38)/t21-,22-,23+,24+,25+,26+,27-/m1/s1. The van der Waals surface area contributed by atoms with E-state index in [9.17, 15) is 18.8 Å². The van der Waals surface area contributed by atoms with E-state index in [1.54, 1.807) is 11.8 Å². The van der Waals surface area contributed by atoms with Crippen molar-refractivity contribution in [1.29, 1.82) is 0 Å². The lowest BCUT2D eigenvalue weighted by Gasteiger charge is -2.43. The largest absolute Gasteiger partial charge is 0.489 e. The van der Waals surface area contributed by atoms with Crippen LogP contribution >= 0.6 is 23.1 Å². The highest BCUT2D eigenvalue weighted by atomic mass is 32.2. The van der Waals surface area contributed by atoms with Gasteiger partial charge in [0.2, 0.25) is 11.8 Å². The van der Waals surface area contributed by atoms with Crippen LogP contribution in [0.3, 0.4) is 0 Å². The maximum Gasteiger partial charge on any atom is 0.305 e. The minimum atomic E-state index is -0.407. The van der Waals surface area contributed by atoms with Crippen molar-refractivity contribution < 1.29 is 18.7 Å². The highest BCUT2D eigenvalue weighted by Crippen LogP contribution is 2.68. The molecule has 4 aliphatic rings. The first-order chi connectivity index (χ1) is 20.0. The molecule has 8 rings (SSSR count). The molecular weight excluding hydrogens is 559 g/mol. The van der Waals surface area contributed by atoms with Gasteiger partial charge in [-0.1, -0.05) is 53.8 Å². The van der Waals surface area contributed by atoms with Gasteiger partial charge in [-0.25, -0.2) is 4.39 Å². The molecule has 6 nitrogen and oxygen atoms in total. The second kappa shape index (κ2) is 9.42. The number of ether oxygens (including phenoxy) is 1. The van der Waals surface area contributed by atoms with Gasteiger partial charge in [0, 0.05) is 16.0 Å². The predicted molar refractivity (Wildman–Crippen MR) is 155 cm³/mol. The molecule has 3 aromatic carbocycles. The van der Waals surface area contributed by atoms with Crippen LogP contribution in [0.15, 0.2) is 88.7 Å². The van der Waals surface area contributed by atoms with E-state index in [-0.39, 0.29) is 51.5 Å². The lowest BCUT2D eigenvalue weighted by atomic mass is 9.68. The zero-order valence-corrected chi connectivity index (χ0v) is 23.4. The molecule has 206 valence electrons. The molecule has 0 unspecified atom stereocenters. The maximum atomic E-state index is 13.8. The van der Waals surface area contributed by atoms with Gasteiger partial charge in [-0.3, -0.25) is 19.3 Å². The minimum absolute atomic E-state index is 0.0220. The molecular formula is C32H25FN2O4S2. The number of H-pyrrole nitrogens is 1. The SMILES string of the molecule is O=C1[C@H]2[C@H]3C[C@@H]([C@@H]2C(=O)N1c1ccc(F)cc1)[C@H]1[C@H](c2ccc(OCc4ccccc4)cc2)c2sc(=O)[nH]c2S[C@H]31. The van der Waals surface area contributed by atoms with Crippen molar-refractivity contribution in [1.82, 2.24) is 4.98 Å². The maximum absolute atomic E-state index is 13.8. The number of nitrogens with one attached hydrogen (secondary N) is 1. The van der Waals surface area contributed by atoms with Crippen LogP contribution < -0.4 is 14.5 Å². The first kappa shape index (κ1) is 25.1. The quantitative estimate of drug-likeness (QED) is 0.299. The number of thiazole rings is 1. The van der Waals surface area contributed by atoms with Crippen molar-refractivity contribution >= 4 is 40.6 Å². The Bertz CT molecular complexity index is 1720. The van der Waals surface area contributed by atoms with Crippen LogP contribution in [0.2, 0.25) is 0 Å². The smallest absolute Gasteiger partial charge is 0.305 e. The van der Waals surface area contributed by atoms with E-state index in [2.05, 4.69) is 17.1 Å². The number of amides is 2. The number of carbonyl (C=O) groups is 2. The molecule has 41 heavy (non-hydrogen) atoms. The summed E-state index contributed by atoms with van der Waals surface area (Å²) in [6.07, 6.45) is 0.820. The lowest BCUT2D eigenvalue weighted by Crippen LogP contribution is -2.42. The van der Waals surface area contributed by atoms with Crippen LogP contribution in [-0.2, 0) is 16.2 Å². The Morgan fingerprint density at radius 1 is 0.878 bits per heavy atom. The van der Waals surface area contributed by atoms with Gasteiger partial charge in [0.05, 0.1) is 22.5 Å². The molecule has 2 aliphatic carbocycles. The Morgan fingerprint density at radius 3 is 2.32 bits per heavy atom. The lowest BCUT2D eigenvalue weighted by molar-refractivity contribution is -0.123. The highest BCUT2D eigenvalue weighted by Gasteiger charge is 2.69. The summed E-state index contributed by atoms with van der Waals surface area (Å²) in [6, 6.07) is 23.7. The Kier molecular flexibility index (Phi) is 5.76. The Balaban J connectivity index is 1.13. The van der Waals surface area contributed by atoms with E-state index in [0.29, 0.717) is 12.3 Å². The zero-order valence-electron chi connectivity index (χ0n) is 21.7. The molecule has 0 radical (unpaired) electrons. The molecule has 9 heteroatoms. The monoisotopic (exact) mass is 584 g/mol. The minimum Gasteiger partial charge on any atom is -0.489 e. The highest BCUT2D eigenvalue weighted by molar-refractivity contribution is 8.00. The van der Waals surface area contributed by atoms with Crippen LogP contribution in [0.4, 0.5) is 10.1 Å². The summed E-state index contributed by atoms with van der Waals surface area (Å²) in [7, 11) is 0. The van der Waals surface area contributed by atoms with Crippen LogP contribution in [0.5, 0.6) is 5.75 Å². The number of thioether (sulfide) groups is 1. The molecule has 1 N–H and O–H groups in total. The molecule has 1 saturated heterocycles. The van der Waals surface area contributed by atoms with Gasteiger partial charge in [0.15, 0.2) is 0 Å². The second-order valence-electron chi connectivity index (χ2n) is 11.3. The number of imide groups is 1. The van der Waals surface area contributed by atoms with E-state index in [1.165, 1.54) is 40.5 Å². The van der Waals surface area contributed by atoms with E-state index >= 15 is 0 Å². The van der Waals surface area contributed by atoms with Crippen molar-refractivity contribution in [2.45, 2.75) is 29.2 Å². The number of aromatic nitrogens is 1. The van der Waals surface area contributed by atoms with E-state index in [1.807, 2.05) is 42.5 Å². The van der Waals surface area contributed by atoms with Gasteiger partial charge in [-0.2, -0.15) is 0 Å². The van der Waals surface area contributed by atoms with Gasteiger partial charge in [-0.15, -0.1) is 11.8 Å². The van der Waals surface area contributed by atoms with E-state index < -0.39 is 11.7 Å². The van der Waals surface area contributed by atoms with Gasteiger partial charge in [-0.05, 0) is 71.7 Å². The van der Waals surface area contributed by atoms with Crippen molar-refractivity contribution in [2.24, 2.45) is 29.6 Å². The second-order valence-corrected chi connectivity index (χ2v) is 13.5. The summed E-state index contributed by atoms with van der Waals surface area (Å²) in [6.45, 7) is 0.474. The van der Waals surface area contributed by atoms with E-state index in [4.69, 9.17) is 4.74 Å². The summed E-state index contributed by atoms with van der Waals surface area (Å²) in [5.41, 5.74) is 2.60. The molecule has 1 aromatic heterocycles. The number of hydrogen-bond acceptors (Lipinski definition) is 6. The molecule has 0 spiro atoms. The number of fused-ring (bicyclic) bond motifs is 9. The van der Waals surface area contributed by atoms with E-state index in [0.717, 1.165) is 33.2 Å². The normalized spacial score (nSPS) is 29.4. The number of rotatable bonds is 5. The van der Waals surface area contributed by atoms with Crippen LogP contribution in [0, 0.1) is 35.4 Å². The molecule has 2 bridgehead atoms. The zero-order chi connectivity index (χ0) is 27.8. The fourth-order valence-electron chi connectivity index (χ4n) is 7.75. The van der Waals surface area contributed by atoms with Crippen molar-refractivity contribution in [3.63, 3.8) is 0 Å². The van der Waals surface area contributed by atoms with Crippen LogP contribution in [0.1, 0.15) is 28.3 Å². The molecule has 4 aromatic rings. The van der Waals surface area contributed by atoms with Crippen molar-refractivity contribution in [2.75, 3.05) is 4.90 Å². The fraction of sp³-hybridized carbons (Fsp3) is 0.281. The first-order valence-electron chi connectivity index (χ1n) is 13.8. The summed E-state index contributed by atoms with van der Waals surface area (Å²) >= 11 is 2.91. The summed E-state index contributed by atoms with van der Waals surface area (Å²) in [4.78, 5) is 45.3. The molecule has 2 amide bonds. The van der Waals surface area contributed by atoms with Gasteiger partial charge < -0.3 is 9.72 Å². The molecule has 2 saturated carbocycles. The van der Waals surface area contributed by atoms with Gasteiger partial charge in [0.25, 0.3) is 0 Å².